The zero-order valence-electron chi connectivity index (χ0n) is 7.17. The van der Waals surface area contributed by atoms with Gasteiger partial charge in [-0.15, -0.1) is 0 Å². The Bertz CT molecular complexity index is 407. The highest BCUT2D eigenvalue weighted by atomic mass is 35.5. The van der Waals surface area contributed by atoms with Gasteiger partial charge in [0, 0.05) is 5.03 Å². The molecule has 5 nitrogen and oxygen atoms in total. The molecule has 82 valence electrons. The second kappa shape index (κ2) is 3.79. The van der Waals surface area contributed by atoms with Crippen molar-refractivity contribution in [2.45, 2.75) is 11.4 Å². The van der Waals surface area contributed by atoms with Gasteiger partial charge in [0.15, 0.2) is 5.83 Å². The van der Waals surface area contributed by atoms with Crippen molar-refractivity contribution in [1.82, 2.24) is 0 Å². The van der Waals surface area contributed by atoms with E-state index in [0.717, 1.165) is 0 Å². The maximum atomic E-state index is 13.3. The summed E-state index contributed by atoms with van der Waals surface area (Å²) in [6.45, 7) is 0. The van der Waals surface area contributed by atoms with E-state index in [1.54, 1.807) is 0 Å². The van der Waals surface area contributed by atoms with Crippen molar-refractivity contribution in [3.8, 4) is 0 Å². The first-order valence-corrected chi connectivity index (χ1v) is 4.44. The van der Waals surface area contributed by atoms with Crippen molar-refractivity contribution in [2.24, 2.45) is 5.73 Å². The maximum absolute atomic E-state index is 13.3. The minimum absolute atomic E-state index is 0.226. The third-order valence-corrected chi connectivity index (χ3v) is 2.66. The van der Waals surface area contributed by atoms with Crippen molar-refractivity contribution in [3.63, 3.8) is 0 Å². The highest BCUT2D eigenvalue weighted by molar-refractivity contribution is 6.34. The maximum Gasteiger partial charge on any atom is 0.350 e. The molecular weight excluding hydrogens is 250 g/mol. The standard InChI is InChI=1S/C7H5Cl2FN2O3/c8-4-2-7(9,12(14)15)5(10)1-3(4)6(11)13/h1H,2H2,(H2,11,13). The van der Waals surface area contributed by atoms with Crippen LogP contribution in [0.4, 0.5) is 4.39 Å². The molecule has 0 radical (unpaired) electrons. The van der Waals surface area contributed by atoms with Crippen molar-refractivity contribution in [3.05, 3.63) is 32.6 Å². The molecule has 0 aromatic carbocycles. The smallest absolute Gasteiger partial charge is 0.350 e. The number of alkyl halides is 1. The number of rotatable bonds is 2. The van der Waals surface area contributed by atoms with Gasteiger partial charge in [-0.05, 0) is 17.7 Å². The molecule has 1 aliphatic carbocycles. The topological polar surface area (TPSA) is 86.2 Å². The summed E-state index contributed by atoms with van der Waals surface area (Å²) >= 11 is 11.0. The van der Waals surface area contributed by atoms with Crippen LogP contribution in [0, 0.1) is 10.1 Å². The molecule has 0 aliphatic heterocycles. The second-order valence-corrected chi connectivity index (χ2v) is 3.95. The number of carbonyl (C=O) groups excluding carboxylic acids is 1. The monoisotopic (exact) mass is 254 g/mol. The largest absolute Gasteiger partial charge is 0.366 e. The molecule has 1 unspecified atom stereocenters. The van der Waals surface area contributed by atoms with E-state index in [1.165, 1.54) is 0 Å². The molecule has 8 heteroatoms. The zero-order valence-corrected chi connectivity index (χ0v) is 8.68. The SMILES string of the molecule is NC(=O)C1=C(Cl)CC(Cl)([N+](=O)[O-])C(F)=C1. The molecule has 0 saturated heterocycles. The average Bonchev–Trinajstić information content (AvgIpc) is 2.10. The number of nitrogens with two attached hydrogens (primary N) is 1. The Hall–Kier alpha value is -1.14. The highest BCUT2D eigenvalue weighted by Crippen LogP contribution is 2.40. The van der Waals surface area contributed by atoms with Gasteiger partial charge in [0.25, 0.3) is 0 Å². The third kappa shape index (κ3) is 1.95. The molecule has 15 heavy (non-hydrogen) atoms. The molecule has 0 aromatic heterocycles. The van der Waals surface area contributed by atoms with Crippen LogP contribution in [0.2, 0.25) is 0 Å². The van der Waals surface area contributed by atoms with Crippen LogP contribution < -0.4 is 5.73 Å². The van der Waals surface area contributed by atoms with Gasteiger partial charge in [-0.1, -0.05) is 11.6 Å². The van der Waals surface area contributed by atoms with E-state index < -0.39 is 28.1 Å². The first-order valence-electron chi connectivity index (χ1n) is 3.68. The molecule has 1 amide bonds. The summed E-state index contributed by atoms with van der Waals surface area (Å²) in [6, 6.07) is 0. The lowest BCUT2D eigenvalue weighted by Gasteiger charge is -2.20. The Kier molecular flexibility index (Phi) is 3.01. The number of hydrogen-bond acceptors (Lipinski definition) is 3. The molecule has 2 N–H and O–H groups in total. The zero-order chi connectivity index (χ0) is 11.8. The van der Waals surface area contributed by atoms with E-state index in [-0.39, 0.29) is 10.6 Å². The molecular formula is C7H5Cl2FN2O3. The predicted octanol–water partition coefficient (Wildman–Crippen LogP) is 1.43. The fourth-order valence-corrected chi connectivity index (χ4v) is 1.66. The Morgan fingerprint density at radius 1 is 1.73 bits per heavy atom. The van der Waals surface area contributed by atoms with Crippen LogP contribution in [0.3, 0.4) is 0 Å². The van der Waals surface area contributed by atoms with Crippen LogP contribution in [-0.2, 0) is 4.79 Å². The van der Waals surface area contributed by atoms with Crippen molar-refractivity contribution >= 4 is 29.1 Å². The van der Waals surface area contributed by atoms with Crippen LogP contribution in [0.1, 0.15) is 6.42 Å². The van der Waals surface area contributed by atoms with E-state index >= 15 is 0 Å². The summed E-state index contributed by atoms with van der Waals surface area (Å²) in [5.74, 6) is -2.22. The van der Waals surface area contributed by atoms with Crippen LogP contribution in [0.5, 0.6) is 0 Å². The van der Waals surface area contributed by atoms with Gasteiger partial charge < -0.3 is 5.73 Å². The molecule has 0 heterocycles. The molecule has 1 rings (SSSR count). The minimum atomic E-state index is -2.43. The molecule has 0 spiro atoms. The van der Waals surface area contributed by atoms with Crippen LogP contribution in [0.25, 0.3) is 0 Å². The Balaban J connectivity index is 3.21. The van der Waals surface area contributed by atoms with Gasteiger partial charge in [0.2, 0.25) is 5.91 Å². The fourth-order valence-electron chi connectivity index (χ4n) is 1.06. The number of primary amides is 1. The van der Waals surface area contributed by atoms with Gasteiger partial charge in [-0.25, -0.2) is 4.39 Å². The lowest BCUT2D eigenvalue weighted by Crippen LogP contribution is -2.36. The molecule has 0 aromatic rings. The number of carbonyl (C=O) groups is 1. The Morgan fingerprint density at radius 3 is 2.67 bits per heavy atom. The number of halogens is 3. The highest BCUT2D eigenvalue weighted by Gasteiger charge is 2.49. The van der Waals surface area contributed by atoms with Gasteiger partial charge in [0.05, 0.1) is 16.9 Å². The van der Waals surface area contributed by atoms with Gasteiger partial charge >= 0.3 is 5.00 Å². The van der Waals surface area contributed by atoms with Crippen molar-refractivity contribution < 1.29 is 14.1 Å². The molecule has 0 saturated carbocycles. The summed E-state index contributed by atoms with van der Waals surface area (Å²) in [7, 11) is 0. The third-order valence-electron chi connectivity index (χ3n) is 1.87. The van der Waals surface area contributed by atoms with E-state index in [4.69, 9.17) is 28.9 Å². The van der Waals surface area contributed by atoms with Gasteiger partial charge in [0.1, 0.15) is 0 Å². The Morgan fingerprint density at radius 2 is 2.27 bits per heavy atom. The summed E-state index contributed by atoms with van der Waals surface area (Å²) in [6.07, 6.45) is -0.0202. The normalized spacial score (nSPS) is 26.2. The number of nitro groups is 1. The summed E-state index contributed by atoms with van der Waals surface area (Å²) in [4.78, 5) is 17.8. The van der Waals surface area contributed by atoms with Crippen LogP contribution >= 0.6 is 23.2 Å². The predicted molar refractivity (Wildman–Crippen MR) is 51.5 cm³/mol. The number of hydrogen-bond donors (Lipinski definition) is 1. The first kappa shape index (κ1) is 11.9. The van der Waals surface area contributed by atoms with Gasteiger partial charge in [-0.3, -0.25) is 14.9 Å². The van der Waals surface area contributed by atoms with E-state index in [0.29, 0.717) is 6.08 Å². The first-order chi connectivity index (χ1) is 6.79. The fraction of sp³-hybridized carbons (Fsp3) is 0.286. The van der Waals surface area contributed by atoms with E-state index in [1.807, 2.05) is 0 Å². The number of nitrogens with zero attached hydrogens (tertiary/aromatic N) is 1. The summed E-state index contributed by atoms with van der Waals surface area (Å²) in [5, 5.41) is 10.3. The molecule has 1 aliphatic rings. The lowest BCUT2D eigenvalue weighted by molar-refractivity contribution is -0.533. The average molecular weight is 255 g/mol. The summed E-state index contributed by atoms with van der Waals surface area (Å²) < 4.78 is 13.3. The molecule has 0 bridgehead atoms. The van der Waals surface area contributed by atoms with Crippen molar-refractivity contribution in [1.29, 1.82) is 0 Å². The Labute approximate surface area is 93.5 Å². The molecule has 1 atom stereocenters. The van der Waals surface area contributed by atoms with Crippen LogP contribution in [0.15, 0.2) is 22.5 Å². The quantitative estimate of drug-likeness (QED) is 0.350. The van der Waals surface area contributed by atoms with E-state index in [9.17, 15) is 19.3 Å². The van der Waals surface area contributed by atoms with E-state index in [2.05, 4.69) is 0 Å². The number of amides is 1. The van der Waals surface area contributed by atoms with Gasteiger partial charge in [-0.2, -0.15) is 0 Å². The molecule has 0 fully saturated rings. The lowest BCUT2D eigenvalue weighted by atomic mass is 10.0. The minimum Gasteiger partial charge on any atom is -0.366 e. The summed E-state index contributed by atoms with van der Waals surface area (Å²) in [5.41, 5.74) is 4.58. The van der Waals surface area contributed by atoms with Crippen molar-refractivity contribution in [2.75, 3.05) is 0 Å². The van der Waals surface area contributed by atoms with Crippen LogP contribution in [-0.4, -0.2) is 15.8 Å². The second-order valence-electron chi connectivity index (χ2n) is 2.87.